The first-order valence-corrected chi connectivity index (χ1v) is 5.76. The van der Waals surface area contributed by atoms with Crippen LogP contribution < -0.4 is 10.5 Å². The van der Waals surface area contributed by atoms with Crippen molar-refractivity contribution in [2.75, 3.05) is 20.2 Å². The number of likely N-dealkylation sites (tertiary alicyclic amines) is 1. The van der Waals surface area contributed by atoms with Crippen molar-refractivity contribution < 1.29 is 9.53 Å². The van der Waals surface area contributed by atoms with Crippen LogP contribution in [0.25, 0.3) is 0 Å². The molecule has 0 unspecified atom stereocenters. The Labute approximate surface area is 92.6 Å². The molecule has 0 radical (unpaired) electrons. The summed E-state index contributed by atoms with van der Waals surface area (Å²) < 4.78 is 5.12. The van der Waals surface area contributed by atoms with Crippen LogP contribution in [-0.4, -0.2) is 37.0 Å². The van der Waals surface area contributed by atoms with E-state index in [1.165, 1.54) is 11.3 Å². The van der Waals surface area contributed by atoms with E-state index in [9.17, 15) is 4.79 Å². The summed E-state index contributed by atoms with van der Waals surface area (Å²) in [4.78, 5) is 14.5. The third-order valence-corrected chi connectivity index (χ3v) is 3.44. The average Bonchev–Trinajstić information content (AvgIpc) is 2.84. The van der Waals surface area contributed by atoms with E-state index in [2.05, 4.69) is 0 Å². The second kappa shape index (κ2) is 4.20. The van der Waals surface area contributed by atoms with Gasteiger partial charge in [0.05, 0.1) is 7.11 Å². The van der Waals surface area contributed by atoms with E-state index >= 15 is 0 Å². The first-order chi connectivity index (χ1) is 7.22. The van der Waals surface area contributed by atoms with E-state index in [1.54, 1.807) is 12.0 Å². The number of carbonyl (C=O) groups excluding carboxylic acids is 1. The monoisotopic (exact) mass is 226 g/mol. The molecule has 1 aliphatic heterocycles. The van der Waals surface area contributed by atoms with E-state index in [-0.39, 0.29) is 11.9 Å². The van der Waals surface area contributed by atoms with E-state index in [1.807, 2.05) is 11.4 Å². The Bertz CT molecular complexity index is 364. The molecular weight excluding hydrogens is 212 g/mol. The molecule has 15 heavy (non-hydrogen) atoms. The highest BCUT2D eigenvalue weighted by Crippen LogP contribution is 2.26. The number of thiophene rings is 1. The zero-order valence-corrected chi connectivity index (χ0v) is 9.42. The SMILES string of the molecule is COc1ccsc1C(=O)N1CC[C@@H](N)C1. The minimum absolute atomic E-state index is 0.0369. The minimum atomic E-state index is 0.0369. The topological polar surface area (TPSA) is 55.6 Å². The Morgan fingerprint density at radius 1 is 1.73 bits per heavy atom. The van der Waals surface area contributed by atoms with Crippen LogP contribution in [0.4, 0.5) is 0 Å². The van der Waals surface area contributed by atoms with Crippen molar-refractivity contribution in [3.8, 4) is 5.75 Å². The van der Waals surface area contributed by atoms with Gasteiger partial charge < -0.3 is 15.4 Å². The maximum absolute atomic E-state index is 12.0. The smallest absolute Gasteiger partial charge is 0.267 e. The minimum Gasteiger partial charge on any atom is -0.495 e. The van der Waals surface area contributed by atoms with Gasteiger partial charge in [-0.25, -0.2) is 0 Å². The van der Waals surface area contributed by atoms with Crippen molar-refractivity contribution >= 4 is 17.2 Å². The summed E-state index contributed by atoms with van der Waals surface area (Å²) in [5, 5.41) is 1.86. The van der Waals surface area contributed by atoms with Gasteiger partial charge in [0.25, 0.3) is 5.91 Å². The molecule has 1 aromatic rings. The lowest BCUT2D eigenvalue weighted by molar-refractivity contribution is 0.0792. The van der Waals surface area contributed by atoms with Crippen molar-refractivity contribution in [1.82, 2.24) is 4.90 Å². The molecule has 4 nitrogen and oxygen atoms in total. The van der Waals surface area contributed by atoms with Crippen LogP contribution in [0, 0.1) is 0 Å². The largest absolute Gasteiger partial charge is 0.495 e. The Hall–Kier alpha value is -1.07. The van der Waals surface area contributed by atoms with Crippen LogP contribution >= 0.6 is 11.3 Å². The lowest BCUT2D eigenvalue weighted by Crippen LogP contribution is -2.31. The summed E-state index contributed by atoms with van der Waals surface area (Å²) in [6.07, 6.45) is 0.888. The maximum atomic E-state index is 12.0. The van der Waals surface area contributed by atoms with Gasteiger partial charge in [-0.1, -0.05) is 0 Å². The summed E-state index contributed by atoms with van der Waals surface area (Å²) in [6.45, 7) is 1.40. The highest BCUT2D eigenvalue weighted by atomic mass is 32.1. The van der Waals surface area contributed by atoms with Gasteiger partial charge in [-0.3, -0.25) is 4.79 Å². The molecule has 2 rings (SSSR count). The standard InChI is InChI=1S/C10H14N2O2S/c1-14-8-3-5-15-9(8)10(13)12-4-2-7(11)6-12/h3,5,7H,2,4,6,11H2,1H3/t7-/m1/s1. The number of nitrogens with zero attached hydrogens (tertiary/aromatic N) is 1. The van der Waals surface area contributed by atoms with Gasteiger partial charge in [-0.15, -0.1) is 11.3 Å². The number of ether oxygens (including phenoxy) is 1. The van der Waals surface area contributed by atoms with Gasteiger partial charge in [0.15, 0.2) is 0 Å². The molecular formula is C10H14N2O2S. The second-order valence-electron chi connectivity index (χ2n) is 3.62. The molecule has 0 saturated carbocycles. The Kier molecular flexibility index (Phi) is 2.93. The molecule has 1 fully saturated rings. The first-order valence-electron chi connectivity index (χ1n) is 4.88. The zero-order valence-electron chi connectivity index (χ0n) is 8.60. The molecule has 0 spiro atoms. The summed E-state index contributed by atoms with van der Waals surface area (Å²) in [5.41, 5.74) is 5.77. The Balaban J connectivity index is 2.14. The van der Waals surface area contributed by atoms with Gasteiger partial charge in [-0.2, -0.15) is 0 Å². The van der Waals surface area contributed by atoms with Crippen LogP contribution in [0.2, 0.25) is 0 Å². The molecule has 1 amide bonds. The molecule has 1 aromatic heterocycles. The van der Waals surface area contributed by atoms with E-state index in [0.29, 0.717) is 17.2 Å². The number of amides is 1. The van der Waals surface area contributed by atoms with Gasteiger partial charge in [-0.05, 0) is 17.9 Å². The zero-order chi connectivity index (χ0) is 10.8. The van der Waals surface area contributed by atoms with Gasteiger partial charge in [0, 0.05) is 19.1 Å². The quantitative estimate of drug-likeness (QED) is 0.816. The van der Waals surface area contributed by atoms with Crippen molar-refractivity contribution in [3.63, 3.8) is 0 Å². The Morgan fingerprint density at radius 2 is 2.53 bits per heavy atom. The Morgan fingerprint density at radius 3 is 3.13 bits per heavy atom. The summed E-state index contributed by atoms with van der Waals surface area (Å²) in [6, 6.07) is 1.94. The predicted octanol–water partition coefficient (Wildman–Crippen LogP) is 0.930. The fourth-order valence-electron chi connectivity index (χ4n) is 1.73. The summed E-state index contributed by atoms with van der Waals surface area (Å²) in [7, 11) is 1.58. The lowest BCUT2D eigenvalue weighted by Gasteiger charge is -2.15. The van der Waals surface area contributed by atoms with E-state index in [0.717, 1.165) is 13.0 Å². The molecule has 1 aliphatic rings. The maximum Gasteiger partial charge on any atom is 0.267 e. The molecule has 0 aliphatic carbocycles. The van der Waals surface area contributed by atoms with Gasteiger partial charge in [0.1, 0.15) is 10.6 Å². The number of hydrogen-bond donors (Lipinski definition) is 1. The fourth-order valence-corrected chi connectivity index (χ4v) is 2.55. The van der Waals surface area contributed by atoms with Crippen molar-refractivity contribution in [1.29, 1.82) is 0 Å². The molecule has 5 heteroatoms. The molecule has 1 atom stereocenters. The molecule has 2 N–H and O–H groups in total. The second-order valence-corrected chi connectivity index (χ2v) is 4.53. The molecule has 2 heterocycles. The molecule has 0 bridgehead atoms. The fraction of sp³-hybridized carbons (Fsp3) is 0.500. The third-order valence-electron chi connectivity index (χ3n) is 2.56. The average molecular weight is 226 g/mol. The number of carbonyl (C=O) groups is 1. The van der Waals surface area contributed by atoms with Crippen LogP contribution in [0.5, 0.6) is 5.75 Å². The van der Waals surface area contributed by atoms with E-state index in [4.69, 9.17) is 10.5 Å². The number of methoxy groups -OCH3 is 1. The number of nitrogens with two attached hydrogens (primary N) is 1. The van der Waals surface area contributed by atoms with Crippen LogP contribution in [0.15, 0.2) is 11.4 Å². The van der Waals surface area contributed by atoms with Gasteiger partial charge in [0.2, 0.25) is 0 Å². The first kappa shape index (κ1) is 10.4. The normalized spacial score (nSPS) is 20.7. The molecule has 82 valence electrons. The molecule has 1 saturated heterocycles. The highest BCUT2D eigenvalue weighted by Gasteiger charge is 2.27. The summed E-state index contributed by atoms with van der Waals surface area (Å²) in [5.74, 6) is 0.695. The van der Waals surface area contributed by atoms with Gasteiger partial charge >= 0.3 is 0 Å². The lowest BCUT2D eigenvalue weighted by atomic mass is 10.3. The van der Waals surface area contributed by atoms with Crippen LogP contribution in [0.1, 0.15) is 16.1 Å². The van der Waals surface area contributed by atoms with Crippen molar-refractivity contribution in [2.45, 2.75) is 12.5 Å². The summed E-state index contributed by atoms with van der Waals surface area (Å²) >= 11 is 1.41. The van der Waals surface area contributed by atoms with Crippen LogP contribution in [-0.2, 0) is 0 Å². The number of rotatable bonds is 2. The highest BCUT2D eigenvalue weighted by molar-refractivity contribution is 7.12. The van der Waals surface area contributed by atoms with Crippen molar-refractivity contribution in [2.24, 2.45) is 5.73 Å². The van der Waals surface area contributed by atoms with E-state index < -0.39 is 0 Å². The predicted molar refractivity (Wildman–Crippen MR) is 59.4 cm³/mol. The number of hydrogen-bond acceptors (Lipinski definition) is 4. The van der Waals surface area contributed by atoms with Crippen molar-refractivity contribution in [3.05, 3.63) is 16.3 Å². The molecule has 0 aromatic carbocycles. The van der Waals surface area contributed by atoms with Crippen LogP contribution in [0.3, 0.4) is 0 Å². The third kappa shape index (κ3) is 1.98.